The number of nitrogens with one attached hydrogen (secondary N) is 1. The molecule has 0 saturated carbocycles. The minimum Gasteiger partial charge on any atom is -0.356 e. The first-order valence-corrected chi connectivity index (χ1v) is 9.58. The standard InChI is InChI=1S/C16H21BrFN5S/c1-11(10-23-7-5-22(2)6-8-23)19-16-21-20-15(24-16)13-9-12(17)3-4-14(13)18/h3-4,9,11H,5-8,10H2,1-2H3,(H,19,21). The summed E-state index contributed by atoms with van der Waals surface area (Å²) < 4.78 is 14.8. The van der Waals surface area contributed by atoms with E-state index < -0.39 is 0 Å². The Bertz CT molecular complexity index is 687. The maximum atomic E-state index is 14.0. The fourth-order valence-corrected chi connectivity index (χ4v) is 3.96. The Morgan fingerprint density at radius 2 is 2.04 bits per heavy atom. The van der Waals surface area contributed by atoms with E-state index in [1.54, 1.807) is 12.1 Å². The maximum Gasteiger partial charge on any atom is 0.206 e. The molecule has 1 N–H and O–H groups in total. The highest BCUT2D eigenvalue weighted by molar-refractivity contribution is 9.10. The highest BCUT2D eigenvalue weighted by Crippen LogP contribution is 2.30. The van der Waals surface area contributed by atoms with Crippen LogP contribution in [0.15, 0.2) is 22.7 Å². The average molecular weight is 414 g/mol. The molecule has 0 spiro atoms. The molecule has 3 rings (SSSR count). The van der Waals surface area contributed by atoms with Gasteiger partial charge in [0.15, 0.2) is 5.01 Å². The molecule has 0 radical (unpaired) electrons. The van der Waals surface area contributed by atoms with Crippen molar-refractivity contribution in [1.29, 1.82) is 0 Å². The number of likely N-dealkylation sites (N-methyl/N-ethyl adjacent to an activating group) is 1. The van der Waals surface area contributed by atoms with Crippen LogP contribution in [0.1, 0.15) is 6.92 Å². The molecule has 0 bridgehead atoms. The first kappa shape index (κ1) is 17.7. The zero-order valence-corrected chi connectivity index (χ0v) is 16.2. The average Bonchev–Trinajstić information content (AvgIpc) is 3.00. The monoisotopic (exact) mass is 413 g/mol. The van der Waals surface area contributed by atoms with Gasteiger partial charge in [-0.2, -0.15) is 0 Å². The molecule has 1 fully saturated rings. The summed E-state index contributed by atoms with van der Waals surface area (Å²) in [5, 5.41) is 13.0. The number of hydrogen-bond acceptors (Lipinski definition) is 6. The third-order valence-corrected chi connectivity index (χ3v) is 5.46. The second kappa shape index (κ2) is 7.86. The molecule has 24 heavy (non-hydrogen) atoms. The SMILES string of the molecule is CC(CN1CCN(C)CC1)Nc1nnc(-c2cc(Br)ccc2F)s1. The molecule has 1 aliphatic rings. The predicted octanol–water partition coefficient (Wildman–Crippen LogP) is 3.15. The van der Waals surface area contributed by atoms with E-state index in [4.69, 9.17) is 0 Å². The molecule has 130 valence electrons. The highest BCUT2D eigenvalue weighted by atomic mass is 79.9. The van der Waals surface area contributed by atoms with Gasteiger partial charge in [-0.25, -0.2) is 4.39 Å². The molecule has 1 unspecified atom stereocenters. The molecule has 1 atom stereocenters. The van der Waals surface area contributed by atoms with Gasteiger partial charge in [0.25, 0.3) is 0 Å². The van der Waals surface area contributed by atoms with Crippen LogP contribution in [0.25, 0.3) is 10.6 Å². The van der Waals surface area contributed by atoms with Gasteiger partial charge in [-0.05, 0) is 32.2 Å². The van der Waals surface area contributed by atoms with E-state index in [0.29, 0.717) is 10.6 Å². The number of piperazine rings is 1. The van der Waals surface area contributed by atoms with Gasteiger partial charge in [0, 0.05) is 48.8 Å². The second-order valence-electron chi connectivity index (χ2n) is 6.19. The zero-order chi connectivity index (χ0) is 17.1. The van der Waals surface area contributed by atoms with Gasteiger partial charge in [-0.3, -0.25) is 4.90 Å². The van der Waals surface area contributed by atoms with Gasteiger partial charge < -0.3 is 10.2 Å². The smallest absolute Gasteiger partial charge is 0.206 e. The Morgan fingerprint density at radius 1 is 1.29 bits per heavy atom. The lowest BCUT2D eigenvalue weighted by molar-refractivity contribution is 0.151. The van der Waals surface area contributed by atoms with Gasteiger partial charge >= 0.3 is 0 Å². The number of anilines is 1. The molecule has 5 nitrogen and oxygen atoms in total. The van der Waals surface area contributed by atoms with Gasteiger partial charge in [-0.15, -0.1) is 10.2 Å². The predicted molar refractivity (Wildman–Crippen MR) is 100 cm³/mol. The maximum absolute atomic E-state index is 14.0. The summed E-state index contributed by atoms with van der Waals surface area (Å²) in [4.78, 5) is 4.80. The van der Waals surface area contributed by atoms with Crippen LogP contribution in [0.4, 0.5) is 9.52 Å². The van der Waals surface area contributed by atoms with Crippen molar-refractivity contribution >= 4 is 32.4 Å². The van der Waals surface area contributed by atoms with Gasteiger partial charge in [0.2, 0.25) is 5.13 Å². The van der Waals surface area contributed by atoms with Crippen LogP contribution in [0.2, 0.25) is 0 Å². The van der Waals surface area contributed by atoms with Crippen molar-refractivity contribution in [2.24, 2.45) is 0 Å². The number of nitrogens with zero attached hydrogens (tertiary/aromatic N) is 4. The van der Waals surface area contributed by atoms with Crippen molar-refractivity contribution in [3.8, 4) is 10.6 Å². The molecule has 2 aromatic rings. The number of rotatable bonds is 5. The summed E-state index contributed by atoms with van der Waals surface area (Å²) >= 11 is 4.74. The zero-order valence-electron chi connectivity index (χ0n) is 13.8. The van der Waals surface area contributed by atoms with E-state index in [9.17, 15) is 4.39 Å². The van der Waals surface area contributed by atoms with Crippen molar-refractivity contribution in [2.45, 2.75) is 13.0 Å². The Labute approximate surface area is 154 Å². The third kappa shape index (κ3) is 4.50. The van der Waals surface area contributed by atoms with E-state index in [0.717, 1.165) is 42.3 Å². The normalized spacial score (nSPS) is 17.8. The van der Waals surface area contributed by atoms with Crippen molar-refractivity contribution in [1.82, 2.24) is 20.0 Å². The minimum atomic E-state index is -0.286. The van der Waals surface area contributed by atoms with Gasteiger partial charge in [-0.1, -0.05) is 27.3 Å². The number of hydrogen-bond donors (Lipinski definition) is 1. The molecule has 0 aliphatic carbocycles. The van der Waals surface area contributed by atoms with E-state index in [1.807, 2.05) is 0 Å². The van der Waals surface area contributed by atoms with Crippen LogP contribution < -0.4 is 5.32 Å². The summed E-state index contributed by atoms with van der Waals surface area (Å²) in [7, 11) is 2.16. The van der Waals surface area contributed by atoms with Crippen LogP contribution in [0, 0.1) is 5.82 Å². The van der Waals surface area contributed by atoms with Crippen molar-refractivity contribution in [3.63, 3.8) is 0 Å². The Kier molecular flexibility index (Phi) is 5.80. The van der Waals surface area contributed by atoms with Crippen LogP contribution in [-0.4, -0.2) is 65.8 Å². The summed E-state index contributed by atoms with van der Waals surface area (Å²) in [6.07, 6.45) is 0. The van der Waals surface area contributed by atoms with E-state index in [2.05, 4.69) is 55.2 Å². The van der Waals surface area contributed by atoms with E-state index in [-0.39, 0.29) is 11.9 Å². The Hall–Kier alpha value is -1.09. The lowest BCUT2D eigenvalue weighted by Gasteiger charge is -2.33. The number of halogens is 2. The lowest BCUT2D eigenvalue weighted by Crippen LogP contribution is -2.47. The molecule has 1 aromatic carbocycles. The Balaban J connectivity index is 1.60. The molecule has 0 amide bonds. The van der Waals surface area contributed by atoms with Gasteiger partial charge in [0.1, 0.15) is 5.82 Å². The summed E-state index contributed by atoms with van der Waals surface area (Å²) in [5.74, 6) is -0.286. The molecule has 2 heterocycles. The van der Waals surface area contributed by atoms with Crippen molar-refractivity contribution < 1.29 is 4.39 Å². The van der Waals surface area contributed by atoms with Crippen molar-refractivity contribution in [3.05, 3.63) is 28.5 Å². The molecule has 1 saturated heterocycles. The van der Waals surface area contributed by atoms with Crippen LogP contribution in [0.3, 0.4) is 0 Å². The van der Waals surface area contributed by atoms with Crippen LogP contribution in [-0.2, 0) is 0 Å². The minimum absolute atomic E-state index is 0.265. The highest BCUT2D eigenvalue weighted by Gasteiger charge is 2.17. The molecule has 8 heteroatoms. The molecular weight excluding hydrogens is 393 g/mol. The molecule has 1 aromatic heterocycles. The lowest BCUT2D eigenvalue weighted by atomic mass is 10.2. The summed E-state index contributed by atoms with van der Waals surface area (Å²) in [5.41, 5.74) is 0.474. The van der Waals surface area contributed by atoms with E-state index >= 15 is 0 Å². The first-order valence-electron chi connectivity index (χ1n) is 7.97. The number of aromatic nitrogens is 2. The van der Waals surface area contributed by atoms with E-state index in [1.165, 1.54) is 17.4 Å². The summed E-state index contributed by atoms with van der Waals surface area (Å²) in [6, 6.07) is 5.11. The fraction of sp³-hybridized carbons (Fsp3) is 0.500. The fourth-order valence-electron chi connectivity index (χ4n) is 2.73. The third-order valence-electron chi connectivity index (χ3n) is 4.08. The van der Waals surface area contributed by atoms with Gasteiger partial charge in [0.05, 0.1) is 0 Å². The van der Waals surface area contributed by atoms with Crippen LogP contribution in [0.5, 0.6) is 0 Å². The summed E-state index contributed by atoms with van der Waals surface area (Å²) in [6.45, 7) is 7.50. The largest absolute Gasteiger partial charge is 0.356 e. The second-order valence-corrected chi connectivity index (χ2v) is 8.08. The quantitative estimate of drug-likeness (QED) is 0.815. The first-order chi connectivity index (χ1) is 11.5. The van der Waals surface area contributed by atoms with Crippen LogP contribution >= 0.6 is 27.3 Å². The topological polar surface area (TPSA) is 44.3 Å². The molecule has 1 aliphatic heterocycles. The Morgan fingerprint density at radius 3 is 2.79 bits per heavy atom. The number of benzene rings is 1. The molecular formula is C16H21BrFN5S. The van der Waals surface area contributed by atoms with Crippen molar-refractivity contribution in [2.75, 3.05) is 45.1 Å².